The van der Waals surface area contributed by atoms with Crippen molar-refractivity contribution >= 4 is 0 Å². The lowest BCUT2D eigenvalue weighted by molar-refractivity contribution is 0.408. The van der Waals surface area contributed by atoms with Crippen LogP contribution in [0, 0.1) is 0 Å². The molecule has 1 heterocycles. The number of hydrogen-bond donors (Lipinski definition) is 0. The number of hydrogen-bond acceptors (Lipinski definition) is 1. The van der Waals surface area contributed by atoms with Crippen molar-refractivity contribution in [3.63, 3.8) is 0 Å². The third-order valence-corrected chi connectivity index (χ3v) is 1.86. The molecule has 1 saturated heterocycles. The van der Waals surface area contributed by atoms with E-state index in [1.165, 1.54) is 11.1 Å². The molecular weight excluding hydrogens is 112 g/mol. The second-order valence-electron chi connectivity index (χ2n) is 2.82. The molecule has 9 heavy (non-hydrogen) atoms. The highest BCUT2D eigenvalue weighted by Gasteiger charge is 2.39. The Bertz CT molecular complexity index is 201. The van der Waals surface area contributed by atoms with Gasteiger partial charge in [0.15, 0.2) is 0 Å². The Kier molecular flexibility index (Phi) is 0.862. The molecule has 2 unspecified atom stereocenters. The van der Waals surface area contributed by atoms with Crippen molar-refractivity contribution in [2.45, 2.75) is 26.1 Å². The lowest BCUT2D eigenvalue weighted by atomic mass is 10.0. The topological polar surface area (TPSA) is 12.5 Å². The number of epoxide rings is 1. The van der Waals surface area contributed by atoms with Gasteiger partial charge >= 0.3 is 0 Å². The summed E-state index contributed by atoms with van der Waals surface area (Å²) in [5, 5.41) is 0. The first-order valence-corrected chi connectivity index (χ1v) is 3.29. The van der Waals surface area contributed by atoms with Gasteiger partial charge in [0.2, 0.25) is 0 Å². The average Bonchev–Trinajstić information content (AvgIpc) is 2.43. The van der Waals surface area contributed by atoms with Crippen LogP contribution in [-0.2, 0) is 4.74 Å². The van der Waals surface area contributed by atoms with Gasteiger partial charge in [-0.05, 0) is 25.5 Å². The third-order valence-electron chi connectivity index (χ3n) is 1.86. The summed E-state index contributed by atoms with van der Waals surface area (Å²) in [4.78, 5) is 0. The maximum absolute atomic E-state index is 5.32. The van der Waals surface area contributed by atoms with E-state index in [1.54, 1.807) is 0 Å². The van der Waals surface area contributed by atoms with Crippen molar-refractivity contribution in [1.29, 1.82) is 0 Å². The Morgan fingerprint density at radius 2 is 2.22 bits per heavy atom. The van der Waals surface area contributed by atoms with Gasteiger partial charge in [0.1, 0.15) is 12.2 Å². The van der Waals surface area contributed by atoms with Crippen molar-refractivity contribution in [2.24, 2.45) is 0 Å². The Labute approximate surface area is 55.0 Å². The van der Waals surface area contributed by atoms with E-state index in [0.29, 0.717) is 12.2 Å². The zero-order valence-corrected chi connectivity index (χ0v) is 5.72. The van der Waals surface area contributed by atoms with Gasteiger partial charge in [0, 0.05) is 0 Å². The first-order chi connectivity index (χ1) is 4.27. The molecule has 1 nitrogen and oxygen atoms in total. The summed E-state index contributed by atoms with van der Waals surface area (Å²) in [6, 6.07) is 0. The molecule has 48 valence electrons. The van der Waals surface area contributed by atoms with Crippen LogP contribution in [0.25, 0.3) is 0 Å². The van der Waals surface area contributed by atoms with Crippen molar-refractivity contribution in [3.8, 4) is 0 Å². The van der Waals surface area contributed by atoms with E-state index in [0.717, 1.165) is 0 Å². The molecule has 1 fully saturated rings. The standard InChI is InChI=1S/C8H10O/c1-5-3-6(2)8-7(4-5)9-8/h3-4,7-8H,1-2H3. The van der Waals surface area contributed by atoms with Crippen molar-refractivity contribution in [1.82, 2.24) is 0 Å². The fourth-order valence-electron chi connectivity index (χ4n) is 1.37. The molecule has 0 aromatic carbocycles. The molecule has 2 aliphatic rings. The predicted octanol–water partition coefficient (Wildman–Crippen LogP) is 1.66. The molecule has 0 aromatic rings. The molecule has 0 aromatic heterocycles. The van der Waals surface area contributed by atoms with Crippen LogP contribution in [0.15, 0.2) is 23.3 Å². The van der Waals surface area contributed by atoms with E-state index < -0.39 is 0 Å². The number of rotatable bonds is 0. The van der Waals surface area contributed by atoms with E-state index >= 15 is 0 Å². The van der Waals surface area contributed by atoms with E-state index in [-0.39, 0.29) is 0 Å². The van der Waals surface area contributed by atoms with Gasteiger partial charge in [-0.25, -0.2) is 0 Å². The molecule has 1 aliphatic carbocycles. The van der Waals surface area contributed by atoms with Crippen LogP contribution < -0.4 is 0 Å². The maximum atomic E-state index is 5.32. The summed E-state index contributed by atoms with van der Waals surface area (Å²) >= 11 is 0. The maximum Gasteiger partial charge on any atom is 0.109 e. The molecule has 0 N–H and O–H groups in total. The molecule has 0 spiro atoms. The third kappa shape index (κ3) is 0.724. The Morgan fingerprint density at radius 1 is 1.44 bits per heavy atom. The molecule has 2 atom stereocenters. The minimum atomic E-state index is 0.426. The van der Waals surface area contributed by atoms with Crippen LogP contribution in [0.5, 0.6) is 0 Å². The van der Waals surface area contributed by atoms with Gasteiger partial charge in [-0.3, -0.25) is 0 Å². The Morgan fingerprint density at radius 3 is 2.89 bits per heavy atom. The van der Waals surface area contributed by atoms with Crippen LogP contribution in [0.2, 0.25) is 0 Å². The van der Waals surface area contributed by atoms with E-state index in [9.17, 15) is 0 Å². The SMILES string of the molecule is CC1=CC2OC2C(C)=C1. The summed E-state index contributed by atoms with van der Waals surface area (Å²) in [5.74, 6) is 0. The van der Waals surface area contributed by atoms with Crippen LogP contribution in [0.4, 0.5) is 0 Å². The normalized spacial score (nSPS) is 38.9. The highest BCUT2D eigenvalue weighted by Crippen LogP contribution is 2.34. The molecule has 0 bridgehead atoms. The smallest absolute Gasteiger partial charge is 0.109 e. The Hall–Kier alpha value is -0.560. The summed E-state index contributed by atoms with van der Waals surface area (Å²) in [5.41, 5.74) is 2.71. The van der Waals surface area contributed by atoms with Gasteiger partial charge in [-0.1, -0.05) is 11.6 Å². The van der Waals surface area contributed by atoms with E-state index in [2.05, 4.69) is 26.0 Å². The number of ether oxygens (including phenoxy) is 1. The second kappa shape index (κ2) is 1.48. The molecule has 1 aliphatic heterocycles. The van der Waals surface area contributed by atoms with Crippen LogP contribution >= 0.6 is 0 Å². The Balaban J connectivity index is 2.32. The molecular formula is C8H10O. The molecule has 0 amide bonds. The highest BCUT2D eigenvalue weighted by molar-refractivity contribution is 5.35. The largest absolute Gasteiger partial charge is 0.360 e. The molecule has 0 radical (unpaired) electrons. The average molecular weight is 122 g/mol. The highest BCUT2D eigenvalue weighted by atomic mass is 16.6. The van der Waals surface area contributed by atoms with Crippen molar-refractivity contribution in [2.75, 3.05) is 0 Å². The number of allylic oxidation sites excluding steroid dienone is 2. The summed E-state index contributed by atoms with van der Waals surface area (Å²) < 4.78 is 5.32. The first kappa shape index (κ1) is 5.24. The lowest BCUT2D eigenvalue weighted by Crippen LogP contribution is -1.98. The van der Waals surface area contributed by atoms with Gasteiger partial charge in [0.25, 0.3) is 0 Å². The van der Waals surface area contributed by atoms with E-state index in [4.69, 9.17) is 4.74 Å². The minimum absolute atomic E-state index is 0.426. The summed E-state index contributed by atoms with van der Waals surface area (Å²) in [7, 11) is 0. The van der Waals surface area contributed by atoms with Gasteiger partial charge in [-0.15, -0.1) is 0 Å². The summed E-state index contributed by atoms with van der Waals surface area (Å²) in [6.45, 7) is 4.24. The van der Waals surface area contributed by atoms with Crippen molar-refractivity contribution in [3.05, 3.63) is 23.3 Å². The molecule has 2 rings (SSSR count). The van der Waals surface area contributed by atoms with Gasteiger partial charge < -0.3 is 4.74 Å². The molecule has 1 heteroatoms. The first-order valence-electron chi connectivity index (χ1n) is 3.29. The van der Waals surface area contributed by atoms with Gasteiger partial charge in [0.05, 0.1) is 0 Å². The van der Waals surface area contributed by atoms with Gasteiger partial charge in [-0.2, -0.15) is 0 Å². The fourth-order valence-corrected chi connectivity index (χ4v) is 1.37. The zero-order valence-electron chi connectivity index (χ0n) is 5.72. The predicted molar refractivity (Wildman–Crippen MR) is 36.2 cm³/mol. The molecule has 0 saturated carbocycles. The minimum Gasteiger partial charge on any atom is -0.360 e. The van der Waals surface area contributed by atoms with E-state index in [1.807, 2.05) is 0 Å². The van der Waals surface area contributed by atoms with Crippen LogP contribution in [0.3, 0.4) is 0 Å². The van der Waals surface area contributed by atoms with Crippen LogP contribution in [0.1, 0.15) is 13.8 Å². The van der Waals surface area contributed by atoms with Crippen LogP contribution in [-0.4, -0.2) is 12.2 Å². The lowest BCUT2D eigenvalue weighted by Gasteiger charge is -1.99. The zero-order chi connectivity index (χ0) is 6.43. The quantitative estimate of drug-likeness (QED) is 0.445. The second-order valence-corrected chi connectivity index (χ2v) is 2.82. The monoisotopic (exact) mass is 122 g/mol. The van der Waals surface area contributed by atoms with Crippen molar-refractivity contribution < 1.29 is 4.74 Å². The fraction of sp³-hybridized carbons (Fsp3) is 0.500. The summed E-state index contributed by atoms with van der Waals surface area (Å²) in [6.07, 6.45) is 5.23. The number of fused-ring (bicyclic) bond motifs is 1.